The number of thiazole rings is 1. The van der Waals surface area contributed by atoms with Crippen molar-refractivity contribution in [2.24, 2.45) is 0 Å². The second-order valence-corrected chi connectivity index (χ2v) is 11.0. The van der Waals surface area contributed by atoms with Crippen molar-refractivity contribution in [1.29, 1.82) is 0 Å². The molecule has 0 spiro atoms. The van der Waals surface area contributed by atoms with E-state index in [4.69, 9.17) is 14.6 Å². The van der Waals surface area contributed by atoms with Gasteiger partial charge in [-0.1, -0.05) is 37.3 Å². The molecule has 0 saturated heterocycles. The highest BCUT2D eigenvalue weighted by atomic mass is 32.2. The molecule has 0 aliphatic rings. The zero-order chi connectivity index (χ0) is 29.1. The molecule has 12 heteroatoms. The van der Waals surface area contributed by atoms with Gasteiger partial charge in [-0.2, -0.15) is 0 Å². The summed E-state index contributed by atoms with van der Waals surface area (Å²) in [4.78, 5) is 32.5. The summed E-state index contributed by atoms with van der Waals surface area (Å²) in [7, 11) is 3.10. The quantitative estimate of drug-likeness (QED) is 0.279. The van der Waals surface area contributed by atoms with Crippen LogP contribution in [-0.2, 0) is 24.1 Å². The molecule has 216 valence electrons. The summed E-state index contributed by atoms with van der Waals surface area (Å²) in [6.07, 6.45) is 1.52. The number of aromatic nitrogens is 1. The molecule has 2 amide bonds. The van der Waals surface area contributed by atoms with Crippen LogP contribution in [0.15, 0.2) is 47.8 Å². The van der Waals surface area contributed by atoms with Gasteiger partial charge in [0.15, 0.2) is 11.2 Å². The van der Waals surface area contributed by atoms with E-state index in [1.807, 2.05) is 25.1 Å². The Morgan fingerprint density at radius 1 is 1.10 bits per heavy atom. The molecule has 0 aliphatic carbocycles. The normalized spacial score (nSPS) is 11.8. The van der Waals surface area contributed by atoms with E-state index in [1.165, 1.54) is 21.2 Å². The molecule has 0 aliphatic heterocycles. The standard InChI is InChI=1S/C28H36N4O6S2/c1-5-32(14-15-33)40(36)30-27(34)23-19-39-26(29-23)18-31(13-9-12-21-10-7-6-8-11-21)28(35)22-16-24(37-3)20(2)25(17-22)38-4/h6-8,10-11,16-17,19,33H,5,9,12-15,18H2,1-4H3,(H,30,34). The second-order valence-electron chi connectivity index (χ2n) is 8.87. The number of hydrogen-bond donors (Lipinski definition) is 2. The van der Waals surface area contributed by atoms with Crippen LogP contribution in [0.5, 0.6) is 11.5 Å². The topological polar surface area (TPSA) is 121 Å². The Hall–Kier alpha value is -3.32. The molecule has 10 nitrogen and oxygen atoms in total. The highest BCUT2D eigenvalue weighted by molar-refractivity contribution is 7.81. The van der Waals surface area contributed by atoms with E-state index < -0.39 is 17.1 Å². The number of carbonyl (C=O) groups is 2. The fourth-order valence-electron chi connectivity index (χ4n) is 4.08. The smallest absolute Gasteiger partial charge is 0.283 e. The number of aryl methyl sites for hydroxylation is 1. The monoisotopic (exact) mass is 588 g/mol. The number of carbonyl (C=O) groups excluding carboxylic acids is 2. The average Bonchev–Trinajstić information content (AvgIpc) is 3.44. The van der Waals surface area contributed by atoms with Gasteiger partial charge in [-0.3, -0.25) is 14.3 Å². The minimum atomic E-state index is -1.80. The van der Waals surface area contributed by atoms with Crippen molar-refractivity contribution in [3.8, 4) is 11.5 Å². The average molecular weight is 589 g/mol. The summed E-state index contributed by atoms with van der Waals surface area (Å²) in [6.45, 7) is 4.68. The Kier molecular flexibility index (Phi) is 12.1. The van der Waals surface area contributed by atoms with E-state index in [1.54, 1.807) is 43.6 Å². The molecule has 1 unspecified atom stereocenters. The minimum Gasteiger partial charge on any atom is -0.496 e. The summed E-state index contributed by atoms with van der Waals surface area (Å²) in [5.41, 5.74) is 2.51. The van der Waals surface area contributed by atoms with E-state index in [-0.39, 0.29) is 31.3 Å². The zero-order valence-corrected chi connectivity index (χ0v) is 24.8. The van der Waals surface area contributed by atoms with Crippen molar-refractivity contribution in [1.82, 2.24) is 18.9 Å². The van der Waals surface area contributed by atoms with Crippen molar-refractivity contribution in [2.75, 3.05) is 40.5 Å². The first-order valence-electron chi connectivity index (χ1n) is 12.9. The van der Waals surface area contributed by atoms with Crippen LogP contribution in [0.4, 0.5) is 0 Å². The molecule has 0 radical (unpaired) electrons. The lowest BCUT2D eigenvalue weighted by molar-refractivity contribution is 0.0740. The fraction of sp³-hybridized carbons (Fsp3) is 0.393. The maximum absolute atomic E-state index is 13.7. The number of amides is 2. The van der Waals surface area contributed by atoms with E-state index in [9.17, 15) is 13.8 Å². The molecule has 3 rings (SSSR count). The van der Waals surface area contributed by atoms with Crippen LogP contribution in [-0.4, -0.2) is 75.8 Å². The highest BCUT2D eigenvalue weighted by Crippen LogP contribution is 2.30. The van der Waals surface area contributed by atoms with Gasteiger partial charge >= 0.3 is 0 Å². The zero-order valence-electron chi connectivity index (χ0n) is 23.2. The second kappa shape index (κ2) is 15.5. The molecular formula is C28H36N4O6S2. The first kappa shape index (κ1) is 31.2. The first-order chi connectivity index (χ1) is 19.3. The number of ether oxygens (including phenoxy) is 2. The number of likely N-dealkylation sites (N-methyl/N-ethyl adjacent to an activating group) is 1. The predicted molar refractivity (Wildman–Crippen MR) is 156 cm³/mol. The lowest BCUT2D eigenvalue weighted by atomic mass is 10.1. The van der Waals surface area contributed by atoms with Crippen molar-refractivity contribution in [3.63, 3.8) is 0 Å². The van der Waals surface area contributed by atoms with Gasteiger partial charge in [-0.05, 0) is 37.5 Å². The largest absolute Gasteiger partial charge is 0.496 e. The number of hydrogen-bond acceptors (Lipinski definition) is 8. The summed E-state index contributed by atoms with van der Waals surface area (Å²) in [5, 5.41) is 11.3. The Balaban J connectivity index is 1.79. The number of benzene rings is 2. The Labute approximate surface area is 241 Å². The third-order valence-corrected chi connectivity index (χ3v) is 8.35. The van der Waals surface area contributed by atoms with E-state index in [0.717, 1.165) is 18.4 Å². The van der Waals surface area contributed by atoms with Crippen LogP contribution in [0, 0.1) is 6.92 Å². The number of rotatable bonds is 15. The lowest BCUT2D eigenvalue weighted by Gasteiger charge is -2.23. The summed E-state index contributed by atoms with van der Waals surface area (Å²) in [6, 6.07) is 13.5. The molecule has 0 fully saturated rings. The van der Waals surface area contributed by atoms with Crippen LogP contribution >= 0.6 is 11.3 Å². The molecule has 1 atom stereocenters. The SMILES string of the molecule is CCN(CCO)S(=O)NC(=O)c1csc(CN(CCCc2ccccc2)C(=O)c2cc(OC)c(C)c(OC)c2)n1. The fourth-order valence-corrected chi connectivity index (χ4v) is 5.74. The number of nitrogens with one attached hydrogen (secondary N) is 1. The van der Waals surface area contributed by atoms with Gasteiger partial charge in [0.1, 0.15) is 22.2 Å². The van der Waals surface area contributed by atoms with Gasteiger partial charge in [0.05, 0.1) is 27.4 Å². The summed E-state index contributed by atoms with van der Waals surface area (Å²) in [5.74, 6) is 0.299. The van der Waals surface area contributed by atoms with Crippen LogP contribution in [0.3, 0.4) is 0 Å². The molecule has 1 heterocycles. The highest BCUT2D eigenvalue weighted by Gasteiger charge is 2.22. The van der Waals surface area contributed by atoms with E-state index in [2.05, 4.69) is 21.8 Å². The van der Waals surface area contributed by atoms with Crippen LogP contribution < -0.4 is 14.2 Å². The van der Waals surface area contributed by atoms with Crippen LogP contribution in [0.1, 0.15) is 50.3 Å². The summed E-state index contributed by atoms with van der Waals surface area (Å²) >= 11 is -0.553. The van der Waals surface area contributed by atoms with Gasteiger partial charge in [-0.25, -0.2) is 13.5 Å². The van der Waals surface area contributed by atoms with Crippen LogP contribution in [0.2, 0.25) is 0 Å². The number of nitrogens with zero attached hydrogens (tertiary/aromatic N) is 3. The Morgan fingerprint density at radius 3 is 2.38 bits per heavy atom. The Bertz CT molecular complexity index is 1280. The van der Waals surface area contributed by atoms with Crippen LogP contribution in [0.25, 0.3) is 0 Å². The molecular weight excluding hydrogens is 552 g/mol. The third kappa shape index (κ3) is 8.34. The van der Waals surface area contributed by atoms with Crippen molar-refractivity contribution >= 4 is 34.3 Å². The van der Waals surface area contributed by atoms with Gasteiger partial charge in [0.2, 0.25) is 0 Å². The van der Waals surface area contributed by atoms with Crippen molar-refractivity contribution in [2.45, 2.75) is 33.2 Å². The van der Waals surface area contributed by atoms with Gasteiger partial charge in [0.25, 0.3) is 11.8 Å². The summed E-state index contributed by atoms with van der Waals surface area (Å²) < 4.78 is 27.2. The van der Waals surface area contributed by atoms with Gasteiger partial charge in [-0.15, -0.1) is 11.3 Å². The maximum Gasteiger partial charge on any atom is 0.283 e. The number of aliphatic hydroxyl groups is 1. The van der Waals surface area contributed by atoms with Gasteiger partial charge in [0, 0.05) is 36.1 Å². The molecule has 0 saturated carbocycles. The predicted octanol–water partition coefficient (Wildman–Crippen LogP) is 3.37. The lowest BCUT2D eigenvalue weighted by Crippen LogP contribution is -2.39. The Morgan fingerprint density at radius 2 is 1.77 bits per heavy atom. The van der Waals surface area contributed by atoms with Gasteiger partial charge < -0.3 is 19.5 Å². The maximum atomic E-state index is 13.7. The molecule has 40 heavy (non-hydrogen) atoms. The first-order valence-corrected chi connectivity index (χ1v) is 14.9. The third-order valence-electron chi connectivity index (χ3n) is 6.25. The van der Waals surface area contributed by atoms with Crippen molar-refractivity contribution in [3.05, 3.63) is 75.2 Å². The molecule has 0 bridgehead atoms. The number of aliphatic hydroxyl groups excluding tert-OH is 1. The molecule has 1 aromatic heterocycles. The van der Waals surface area contributed by atoms with Crippen molar-refractivity contribution < 1.29 is 28.4 Å². The molecule has 2 aromatic carbocycles. The molecule has 3 aromatic rings. The van der Waals surface area contributed by atoms with E-state index in [0.29, 0.717) is 35.2 Å². The number of methoxy groups -OCH3 is 2. The van der Waals surface area contributed by atoms with E-state index >= 15 is 0 Å². The minimum absolute atomic E-state index is 0.115. The molecule has 2 N–H and O–H groups in total.